The van der Waals surface area contributed by atoms with Crippen LogP contribution in [0.4, 0.5) is 10.1 Å². The molecule has 0 saturated carbocycles. The number of likely N-dealkylation sites (N-methyl/N-ethyl adjacent to an activating group) is 1. The van der Waals surface area contributed by atoms with Gasteiger partial charge in [-0.05, 0) is 24.3 Å². The fourth-order valence-corrected chi connectivity index (χ4v) is 1.56. The average Bonchev–Trinajstić information content (AvgIpc) is 2.61. The van der Waals surface area contributed by atoms with Crippen LogP contribution in [0.15, 0.2) is 36.7 Å². The van der Waals surface area contributed by atoms with Crippen molar-refractivity contribution in [3.63, 3.8) is 0 Å². The maximum atomic E-state index is 12.8. The lowest BCUT2D eigenvalue weighted by molar-refractivity contribution is -0.170. The van der Waals surface area contributed by atoms with E-state index in [2.05, 4.69) is 15.3 Å². The Kier molecular flexibility index (Phi) is 5.74. The Morgan fingerprint density at radius 1 is 1.21 bits per heavy atom. The van der Waals surface area contributed by atoms with Crippen molar-refractivity contribution < 1.29 is 23.6 Å². The highest BCUT2D eigenvalue weighted by Gasteiger charge is 2.11. The van der Waals surface area contributed by atoms with Crippen LogP contribution in [0.25, 0.3) is 0 Å². The zero-order valence-corrected chi connectivity index (χ0v) is 13.0. The van der Waals surface area contributed by atoms with Crippen molar-refractivity contribution in [3.05, 3.63) is 48.0 Å². The largest absolute Gasteiger partial charge is 0.453 e. The highest BCUT2D eigenvalue weighted by Crippen LogP contribution is 2.10. The van der Waals surface area contributed by atoms with Crippen molar-refractivity contribution in [2.24, 2.45) is 0 Å². The Hall–Kier alpha value is -3.07. The number of amides is 2. The van der Waals surface area contributed by atoms with Gasteiger partial charge in [0.2, 0.25) is 0 Å². The number of hydrogen-bond acceptors (Lipinski definition) is 6. The van der Waals surface area contributed by atoms with Crippen LogP contribution in [0.3, 0.4) is 0 Å². The molecule has 1 aromatic carbocycles. The third-order valence-corrected chi connectivity index (χ3v) is 2.94. The quantitative estimate of drug-likeness (QED) is 0.800. The Labute approximate surface area is 137 Å². The first-order valence-electron chi connectivity index (χ1n) is 6.82. The number of rotatable bonds is 6. The Balaban J connectivity index is 1.92. The Bertz CT molecular complexity index is 706. The summed E-state index contributed by atoms with van der Waals surface area (Å²) < 4.78 is 17.9. The molecule has 1 heterocycles. The summed E-state index contributed by atoms with van der Waals surface area (Å²) >= 11 is 0. The molecule has 0 saturated heterocycles. The molecule has 0 fully saturated rings. The molecule has 9 heteroatoms. The number of aromatic nitrogens is 2. The Morgan fingerprint density at radius 2 is 1.83 bits per heavy atom. The van der Waals surface area contributed by atoms with Crippen LogP contribution in [-0.4, -0.2) is 47.6 Å². The van der Waals surface area contributed by atoms with Crippen LogP contribution in [0.2, 0.25) is 0 Å². The van der Waals surface area contributed by atoms with E-state index in [1.807, 2.05) is 0 Å². The van der Waals surface area contributed by atoms with Gasteiger partial charge in [0, 0.05) is 25.1 Å². The van der Waals surface area contributed by atoms with Crippen molar-refractivity contribution in [3.8, 4) is 6.01 Å². The number of nitrogens with one attached hydrogen (secondary N) is 1. The van der Waals surface area contributed by atoms with E-state index in [0.29, 0.717) is 5.69 Å². The number of hydroxylamine groups is 2. The van der Waals surface area contributed by atoms with Crippen LogP contribution in [0.1, 0.15) is 10.4 Å². The van der Waals surface area contributed by atoms with Crippen molar-refractivity contribution in [1.82, 2.24) is 15.0 Å². The smallest absolute Gasteiger partial charge is 0.316 e. The second-order valence-corrected chi connectivity index (χ2v) is 4.58. The minimum Gasteiger partial charge on any atom is -0.453 e. The van der Waals surface area contributed by atoms with Gasteiger partial charge in [0.1, 0.15) is 5.82 Å². The zero-order chi connectivity index (χ0) is 17.5. The minimum absolute atomic E-state index is 0.0498. The van der Waals surface area contributed by atoms with E-state index in [1.54, 1.807) is 0 Å². The summed E-state index contributed by atoms with van der Waals surface area (Å²) in [5, 5.41) is 3.58. The van der Waals surface area contributed by atoms with Gasteiger partial charge < -0.3 is 10.1 Å². The monoisotopic (exact) mass is 334 g/mol. The van der Waals surface area contributed by atoms with E-state index in [9.17, 15) is 14.0 Å². The fourth-order valence-electron chi connectivity index (χ4n) is 1.56. The molecular weight excluding hydrogens is 319 g/mol. The van der Waals surface area contributed by atoms with Gasteiger partial charge >= 0.3 is 6.01 Å². The lowest BCUT2D eigenvalue weighted by atomic mass is 10.2. The number of benzene rings is 1. The molecule has 0 aliphatic heterocycles. The van der Waals surface area contributed by atoms with Crippen LogP contribution in [0.5, 0.6) is 6.01 Å². The SMILES string of the molecule is CON(C)C(=O)COc1ncc(C(=O)Nc2ccc(F)cc2)cn1. The maximum Gasteiger partial charge on any atom is 0.316 e. The van der Waals surface area contributed by atoms with Gasteiger partial charge in [-0.1, -0.05) is 0 Å². The van der Waals surface area contributed by atoms with Gasteiger partial charge in [0.15, 0.2) is 6.61 Å². The molecule has 2 aromatic rings. The lowest BCUT2D eigenvalue weighted by Gasteiger charge is -2.13. The molecule has 0 radical (unpaired) electrons. The number of halogens is 1. The standard InChI is InChI=1S/C15H15FN4O4/c1-20(23-2)13(21)9-24-15-17-7-10(8-18-15)14(22)19-12-5-3-11(16)4-6-12/h3-8H,9H2,1-2H3,(H,19,22). The van der Waals surface area contributed by atoms with Gasteiger partial charge in [-0.15, -0.1) is 0 Å². The van der Waals surface area contributed by atoms with Crippen LogP contribution >= 0.6 is 0 Å². The van der Waals surface area contributed by atoms with Crippen molar-refractivity contribution in [2.75, 3.05) is 26.1 Å². The van der Waals surface area contributed by atoms with E-state index in [1.165, 1.54) is 50.8 Å². The highest BCUT2D eigenvalue weighted by atomic mass is 19.1. The van der Waals surface area contributed by atoms with Gasteiger partial charge in [-0.2, -0.15) is 0 Å². The second kappa shape index (κ2) is 7.97. The van der Waals surface area contributed by atoms with Gasteiger partial charge in [-0.25, -0.2) is 19.4 Å². The number of hydrogen-bond donors (Lipinski definition) is 1. The highest BCUT2D eigenvalue weighted by molar-refractivity contribution is 6.03. The van der Waals surface area contributed by atoms with E-state index < -0.39 is 17.6 Å². The summed E-state index contributed by atoms with van der Waals surface area (Å²) in [5.74, 6) is -1.27. The molecule has 0 unspecified atom stereocenters. The molecular formula is C15H15FN4O4. The van der Waals surface area contributed by atoms with Crippen LogP contribution < -0.4 is 10.1 Å². The third-order valence-electron chi connectivity index (χ3n) is 2.94. The number of nitrogens with zero attached hydrogens (tertiary/aromatic N) is 3. The summed E-state index contributed by atoms with van der Waals surface area (Å²) in [6, 6.07) is 5.28. The van der Waals surface area contributed by atoms with E-state index in [4.69, 9.17) is 9.57 Å². The predicted molar refractivity (Wildman–Crippen MR) is 81.7 cm³/mol. The van der Waals surface area contributed by atoms with Gasteiger partial charge in [0.25, 0.3) is 11.8 Å². The minimum atomic E-state index is -0.455. The lowest BCUT2D eigenvalue weighted by Crippen LogP contribution is -2.30. The van der Waals surface area contributed by atoms with Crippen molar-refractivity contribution in [1.29, 1.82) is 0 Å². The first kappa shape index (κ1) is 17.3. The van der Waals surface area contributed by atoms with E-state index >= 15 is 0 Å². The second-order valence-electron chi connectivity index (χ2n) is 4.58. The summed E-state index contributed by atoms with van der Waals surface area (Å²) in [7, 11) is 2.79. The summed E-state index contributed by atoms with van der Waals surface area (Å²) in [5.41, 5.74) is 0.627. The average molecular weight is 334 g/mol. The van der Waals surface area contributed by atoms with Gasteiger partial charge in [-0.3, -0.25) is 14.4 Å². The van der Waals surface area contributed by atoms with Crippen molar-refractivity contribution >= 4 is 17.5 Å². The zero-order valence-electron chi connectivity index (χ0n) is 13.0. The molecule has 126 valence electrons. The van der Waals surface area contributed by atoms with Crippen LogP contribution in [-0.2, 0) is 9.63 Å². The van der Waals surface area contributed by atoms with Crippen molar-refractivity contribution in [2.45, 2.75) is 0 Å². The van der Waals surface area contributed by atoms with Crippen LogP contribution in [0, 0.1) is 5.82 Å². The number of carbonyl (C=O) groups excluding carboxylic acids is 2. The third kappa shape index (κ3) is 4.71. The van der Waals surface area contributed by atoms with Gasteiger partial charge in [0.05, 0.1) is 12.7 Å². The molecule has 8 nitrogen and oxygen atoms in total. The molecule has 0 aliphatic carbocycles. The predicted octanol–water partition coefficient (Wildman–Crippen LogP) is 1.27. The molecule has 0 aliphatic rings. The number of ether oxygens (including phenoxy) is 1. The molecule has 0 bridgehead atoms. The molecule has 2 rings (SSSR count). The summed E-state index contributed by atoms with van der Waals surface area (Å²) in [6.45, 7) is -0.300. The first-order valence-corrected chi connectivity index (χ1v) is 6.82. The fraction of sp³-hybridized carbons (Fsp3) is 0.200. The topological polar surface area (TPSA) is 93.6 Å². The number of carbonyl (C=O) groups is 2. The van der Waals surface area contributed by atoms with E-state index in [-0.39, 0.29) is 18.2 Å². The molecule has 1 N–H and O–H groups in total. The molecule has 0 atom stereocenters. The summed E-state index contributed by atoms with van der Waals surface area (Å²) in [6.07, 6.45) is 2.51. The molecule has 24 heavy (non-hydrogen) atoms. The summed E-state index contributed by atoms with van der Waals surface area (Å²) in [4.78, 5) is 35.9. The normalized spacial score (nSPS) is 10.1. The first-order chi connectivity index (χ1) is 11.5. The Morgan fingerprint density at radius 3 is 2.42 bits per heavy atom. The molecule has 2 amide bonds. The number of anilines is 1. The molecule has 0 spiro atoms. The van der Waals surface area contributed by atoms with E-state index in [0.717, 1.165) is 5.06 Å². The molecule has 1 aromatic heterocycles. The maximum absolute atomic E-state index is 12.8.